The fourth-order valence-corrected chi connectivity index (χ4v) is 1.68. The standard InChI is InChI=1S/C16H21NO5/c1-5-21-13-8-7-12(9-14(13)22-6-2)17-15(18)10(3)11(4)16(19)20/h7-9H,5-6H2,1-4H3,(H,17,18)(H,19,20)/b11-10-. The van der Waals surface area contributed by atoms with E-state index in [0.29, 0.717) is 30.4 Å². The quantitative estimate of drug-likeness (QED) is 0.757. The van der Waals surface area contributed by atoms with Gasteiger partial charge in [0.05, 0.1) is 13.2 Å². The van der Waals surface area contributed by atoms with E-state index >= 15 is 0 Å². The van der Waals surface area contributed by atoms with Gasteiger partial charge < -0.3 is 19.9 Å². The predicted octanol–water partition coefficient (Wildman–Crippen LogP) is 2.84. The minimum atomic E-state index is -1.12. The molecule has 120 valence electrons. The molecular weight excluding hydrogens is 286 g/mol. The molecule has 0 atom stereocenters. The predicted molar refractivity (Wildman–Crippen MR) is 83.4 cm³/mol. The number of benzene rings is 1. The lowest BCUT2D eigenvalue weighted by Crippen LogP contribution is -2.16. The number of anilines is 1. The number of ether oxygens (including phenoxy) is 2. The van der Waals surface area contributed by atoms with Crippen LogP contribution in [0.4, 0.5) is 5.69 Å². The molecule has 0 bridgehead atoms. The maximum absolute atomic E-state index is 12.0. The van der Waals surface area contributed by atoms with Gasteiger partial charge in [0, 0.05) is 22.9 Å². The van der Waals surface area contributed by atoms with E-state index in [-0.39, 0.29) is 11.1 Å². The lowest BCUT2D eigenvalue weighted by atomic mass is 10.1. The van der Waals surface area contributed by atoms with Crippen LogP contribution in [0.2, 0.25) is 0 Å². The van der Waals surface area contributed by atoms with E-state index < -0.39 is 11.9 Å². The Hall–Kier alpha value is -2.50. The topological polar surface area (TPSA) is 84.9 Å². The van der Waals surface area contributed by atoms with E-state index in [4.69, 9.17) is 14.6 Å². The van der Waals surface area contributed by atoms with Crippen molar-refractivity contribution in [2.24, 2.45) is 0 Å². The summed E-state index contributed by atoms with van der Waals surface area (Å²) in [6.45, 7) is 7.55. The first-order valence-corrected chi connectivity index (χ1v) is 7.02. The third-order valence-electron chi connectivity index (χ3n) is 3.03. The minimum absolute atomic E-state index is 0.00784. The number of amides is 1. The number of hydrogen-bond donors (Lipinski definition) is 2. The number of hydrogen-bond acceptors (Lipinski definition) is 4. The summed E-state index contributed by atoms with van der Waals surface area (Å²) < 4.78 is 10.9. The summed E-state index contributed by atoms with van der Waals surface area (Å²) >= 11 is 0. The van der Waals surface area contributed by atoms with Crippen molar-refractivity contribution in [2.75, 3.05) is 18.5 Å². The Kier molecular flexibility index (Phi) is 6.44. The molecule has 1 amide bonds. The second kappa shape index (κ2) is 8.07. The molecule has 1 aromatic rings. The fourth-order valence-electron chi connectivity index (χ4n) is 1.68. The van der Waals surface area contributed by atoms with Crippen LogP contribution in [0.1, 0.15) is 27.7 Å². The monoisotopic (exact) mass is 307 g/mol. The normalized spacial score (nSPS) is 11.5. The average molecular weight is 307 g/mol. The molecule has 0 aliphatic carbocycles. The molecular formula is C16H21NO5. The van der Waals surface area contributed by atoms with E-state index in [1.165, 1.54) is 13.8 Å². The molecule has 0 unspecified atom stereocenters. The van der Waals surface area contributed by atoms with Crippen LogP contribution in [-0.4, -0.2) is 30.2 Å². The first-order chi connectivity index (χ1) is 10.4. The molecule has 0 spiro atoms. The van der Waals surface area contributed by atoms with Crippen molar-refractivity contribution < 1.29 is 24.2 Å². The number of aliphatic carboxylic acids is 1. The number of carbonyl (C=O) groups is 2. The summed E-state index contributed by atoms with van der Waals surface area (Å²) in [6.07, 6.45) is 0. The molecule has 2 N–H and O–H groups in total. The highest BCUT2D eigenvalue weighted by molar-refractivity contribution is 6.08. The Morgan fingerprint density at radius 1 is 1.05 bits per heavy atom. The first kappa shape index (κ1) is 17.6. The zero-order chi connectivity index (χ0) is 16.7. The number of carboxylic acid groups (broad SMARTS) is 1. The molecule has 0 saturated carbocycles. The number of carboxylic acids is 1. The zero-order valence-electron chi connectivity index (χ0n) is 13.2. The van der Waals surface area contributed by atoms with Gasteiger partial charge >= 0.3 is 5.97 Å². The maximum atomic E-state index is 12.0. The minimum Gasteiger partial charge on any atom is -0.490 e. The number of nitrogens with one attached hydrogen (secondary N) is 1. The Labute approximate surface area is 129 Å². The molecule has 0 heterocycles. The van der Waals surface area contributed by atoms with Gasteiger partial charge in [-0.3, -0.25) is 4.79 Å². The van der Waals surface area contributed by atoms with Crippen LogP contribution in [0, 0.1) is 0 Å². The van der Waals surface area contributed by atoms with E-state index in [2.05, 4.69) is 5.32 Å². The summed E-state index contributed by atoms with van der Waals surface area (Å²) in [5.74, 6) is -0.462. The van der Waals surface area contributed by atoms with E-state index in [1.54, 1.807) is 18.2 Å². The Morgan fingerprint density at radius 2 is 1.64 bits per heavy atom. The van der Waals surface area contributed by atoms with Crippen molar-refractivity contribution in [1.82, 2.24) is 0 Å². The van der Waals surface area contributed by atoms with Gasteiger partial charge in [-0.15, -0.1) is 0 Å². The third-order valence-corrected chi connectivity index (χ3v) is 3.03. The van der Waals surface area contributed by atoms with Crippen LogP contribution in [0.3, 0.4) is 0 Å². The van der Waals surface area contributed by atoms with Gasteiger partial charge in [0.1, 0.15) is 0 Å². The van der Waals surface area contributed by atoms with Crippen molar-refractivity contribution in [2.45, 2.75) is 27.7 Å². The highest BCUT2D eigenvalue weighted by Crippen LogP contribution is 2.30. The number of carbonyl (C=O) groups excluding carboxylic acids is 1. The molecule has 0 aromatic heterocycles. The molecule has 0 aliphatic rings. The molecule has 0 fully saturated rings. The van der Waals surface area contributed by atoms with Gasteiger partial charge in [0.2, 0.25) is 0 Å². The third kappa shape index (κ3) is 4.51. The van der Waals surface area contributed by atoms with Crippen molar-refractivity contribution >= 4 is 17.6 Å². The molecule has 0 radical (unpaired) electrons. The lowest BCUT2D eigenvalue weighted by molar-refractivity contribution is -0.133. The summed E-state index contributed by atoms with van der Waals surface area (Å²) in [7, 11) is 0. The highest BCUT2D eigenvalue weighted by atomic mass is 16.5. The summed E-state index contributed by atoms with van der Waals surface area (Å²) in [4.78, 5) is 22.9. The SMILES string of the molecule is CCOc1ccc(NC(=O)/C(C)=C(/C)C(=O)O)cc1OCC. The average Bonchev–Trinajstić information content (AvgIpc) is 2.48. The molecule has 1 rings (SSSR count). The van der Waals surface area contributed by atoms with Crippen molar-refractivity contribution in [3.8, 4) is 11.5 Å². The van der Waals surface area contributed by atoms with Gasteiger partial charge in [0.25, 0.3) is 5.91 Å². The second-order valence-corrected chi connectivity index (χ2v) is 4.54. The first-order valence-electron chi connectivity index (χ1n) is 7.02. The van der Waals surface area contributed by atoms with Crippen molar-refractivity contribution in [3.63, 3.8) is 0 Å². The van der Waals surface area contributed by atoms with Crippen molar-refractivity contribution in [1.29, 1.82) is 0 Å². The second-order valence-electron chi connectivity index (χ2n) is 4.54. The Balaban J connectivity index is 2.99. The van der Waals surface area contributed by atoms with Gasteiger partial charge in [0.15, 0.2) is 11.5 Å². The molecule has 6 heteroatoms. The zero-order valence-corrected chi connectivity index (χ0v) is 13.2. The molecule has 1 aromatic carbocycles. The van der Waals surface area contributed by atoms with Crippen LogP contribution in [0.15, 0.2) is 29.3 Å². The van der Waals surface area contributed by atoms with Gasteiger partial charge in [-0.25, -0.2) is 4.79 Å². The summed E-state index contributed by atoms with van der Waals surface area (Å²) in [5, 5.41) is 11.6. The van der Waals surface area contributed by atoms with Gasteiger partial charge in [-0.05, 0) is 39.8 Å². The lowest BCUT2D eigenvalue weighted by Gasteiger charge is -2.13. The Morgan fingerprint density at radius 3 is 2.18 bits per heavy atom. The highest BCUT2D eigenvalue weighted by Gasteiger charge is 2.14. The van der Waals surface area contributed by atoms with Crippen LogP contribution < -0.4 is 14.8 Å². The van der Waals surface area contributed by atoms with Gasteiger partial charge in [-0.1, -0.05) is 0 Å². The molecule has 22 heavy (non-hydrogen) atoms. The summed E-state index contributed by atoms with van der Waals surface area (Å²) in [6, 6.07) is 5.03. The largest absolute Gasteiger partial charge is 0.490 e. The molecule has 6 nitrogen and oxygen atoms in total. The van der Waals surface area contributed by atoms with Crippen LogP contribution in [-0.2, 0) is 9.59 Å². The van der Waals surface area contributed by atoms with Crippen molar-refractivity contribution in [3.05, 3.63) is 29.3 Å². The maximum Gasteiger partial charge on any atom is 0.331 e. The molecule has 0 saturated heterocycles. The van der Waals surface area contributed by atoms with Crippen LogP contribution in [0.25, 0.3) is 0 Å². The van der Waals surface area contributed by atoms with E-state index in [1.807, 2.05) is 13.8 Å². The van der Waals surface area contributed by atoms with Gasteiger partial charge in [-0.2, -0.15) is 0 Å². The van der Waals surface area contributed by atoms with E-state index in [9.17, 15) is 9.59 Å². The number of rotatable bonds is 7. The fraction of sp³-hybridized carbons (Fsp3) is 0.375. The Bertz CT molecular complexity index is 592. The van der Waals surface area contributed by atoms with Crippen LogP contribution >= 0.6 is 0 Å². The van der Waals surface area contributed by atoms with Crippen LogP contribution in [0.5, 0.6) is 11.5 Å². The summed E-state index contributed by atoms with van der Waals surface area (Å²) in [5.41, 5.74) is 0.669. The smallest absolute Gasteiger partial charge is 0.331 e. The van der Waals surface area contributed by atoms with E-state index in [0.717, 1.165) is 0 Å². The molecule has 0 aliphatic heterocycles.